The number of hydrogen-bond acceptors (Lipinski definition) is 4. The second kappa shape index (κ2) is 7.34. The van der Waals surface area contributed by atoms with Crippen molar-refractivity contribution >= 4 is 0 Å². The average Bonchev–Trinajstić information content (AvgIpc) is 2.74. The molecule has 0 bridgehead atoms. The zero-order valence-corrected chi connectivity index (χ0v) is 9.66. The van der Waals surface area contributed by atoms with Crippen molar-refractivity contribution in [2.75, 3.05) is 0 Å². The lowest BCUT2D eigenvalue weighted by Gasteiger charge is -2.11. The molecule has 86 valence electrons. The monoisotopic (exact) mass is 211 g/mol. The third kappa shape index (κ3) is 5.47. The Kier molecular flexibility index (Phi) is 5.92. The lowest BCUT2D eigenvalue weighted by molar-refractivity contribution is 0.476. The smallest absolute Gasteiger partial charge is 0.188 e. The predicted molar refractivity (Wildman–Crippen MR) is 59.2 cm³/mol. The van der Waals surface area contributed by atoms with E-state index in [9.17, 15) is 0 Å². The third-order valence-electron chi connectivity index (χ3n) is 2.49. The number of nitrogens with zero attached hydrogens (tertiary/aromatic N) is 3. The summed E-state index contributed by atoms with van der Waals surface area (Å²) in [6, 6.07) is 0.528. The van der Waals surface area contributed by atoms with Gasteiger partial charge < -0.3 is 5.32 Å². The van der Waals surface area contributed by atoms with Gasteiger partial charge in [0.05, 0.1) is 6.54 Å². The Hall–Kier alpha value is -0.970. The van der Waals surface area contributed by atoms with Gasteiger partial charge in [-0.25, -0.2) is 0 Å². The van der Waals surface area contributed by atoms with Gasteiger partial charge in [-0.2, -0.15) is 5.21 Å². The number of unbranched alkanes of at least 4 members (excludes halogenated alkanes) is 3. The molecule has 15 heavy (non-hydrogen) atoms. The average molecular weight is 211 g/mol. The highest BCUT2D eigenvalue weighted by atomic mass is 15.5. The van der Waals surface area contributed by atoms with E-state index in [1.54, 1.807) is 0 Å². The number of nitrogens with one attached hydrogen (secondary N) is 2. The first-order chi connectivity index (χ1) is 7.33. The molecular formula is C10H21N5. The van der Waals surface area contributed by atoms with E-state index in [1.807, 2.05) is 0 Å². The highest BCUT2D eigenvalue weighted by Crippen LogP contribution is 2.05. The van der Waals surface area contributed by atoms with Crippen molar-refractivity contribution in [2.45, 2.75) is 58.5 Å². The van der Waals surface area contributed by atoms with E-state index in [0.717, 1.165) is 5.82 Å². The van der Waals surface area contributed by atoms with Crippen LogP contribution in [-0.2, 0) is 6.54 Å². The minimum atomic E-state index is 0.528. The topological polar surface area (TPSA) is 66.5 Å². The molecule has 0 aromatic carbocycles. The fourth-order valence-electron chi connectivity index (χ4n) is 1.50. The molecule has 0 saturated heterocycles. The molecular weight excluding hydrogens is 190 g/mol. The number of hydrogen-bond donors (Lipinski definition) is 2. The van der Waals surface area contributed by atoms with Gasteiger partial charge in [0.15, 0.2) is 5.82 Å². The number of rotatable bonds is 8. The van der Waals surface area contributed by atoms with E-state index >= 15 is 0 Å². The summed E-state index contributed by atoms with van der Waals surface area (Å²) >= 11 is 0. The summed E-state index contributed by atoms with van der Waals surface area (Å²) in [5.74, 6) is 0.732. The Morgan fingerprint density at radius 2 is 2.20 bits per heavy atom. The van der Waals surface area contributed by atoms with Crippen LogP contribution < -0.4 is 5.32 Å². The lowest BCUT2D eigenvalue weighted by atomic mass is 10.1. The van der Waals surface area contributed by atoms with Crippen molar-refractivity contribution in [1.82, 2.24) is 25.9 Å². The van der Waals surface area contributed by atoms with E-state index in [1.165, 1.54) is 32.1 Å². The van der Waals surface area contributed by atoms with Crippen molar-refractivity contribution in [3.05, 3.63) is 5.82 Å². The molecule has 1 unspecified atom stereocenters. The first-order valence-electron chi connectivity index (χ1n) is 5.78. The van der Waals surface area contributed by atoms with Crippen LogP contribution in [0, 0.1) is 0 Å². The van der Waals surface area contributed by atoms with Crippen molar-refractivity contribution in [3.8, 4) is 0 Å². The number of aromatic nitrogens is 4. The summed E-state index contributed by atoms with van der Waals surface area (Å²) in [5, 5.41) is 17.1. The fourth-order valence-corrected chi connectivity index (χ4v) is 1.50. The number of H-pyrrole nitrogens is 1. The molecule has 0 aliphatic carbocycles. The predicted octanol–water partition coefficient (Wildman–Crippen LogP) is 1.65. The van der Waals surface area contributed by atoms with Crippen LogP contribution in [0.25, 0.3) is 0 Å². The molecule has 1 heterocycles. The highest BCUT2D eigenvalue weighted by Gasteiger charge is 2.03. The van der Waals surface area contributed by atoms with Gasteiger partial charge in [-0.05, 0) is 13.3 Å². The molecule has 1 aromatic rings. The molecule has 5 nitrogen and oxygen atoms in total. The van der Waals surface area contributed by atoms with Gasteiger partial charge in [0.2, 0.25) is 0 Å². The molecule has 1 rings (SSSR count). The first kappa shape index (κ1) is 12.1. The molecule has 0 aliphatic rings. The minimum absolute atomic E-state index is 0.528. The molecule has 0 amide bonds. The molecule has 1 atom stereocenters. The van der Waals surface area contributed by atoms with Gasteiger partial charge in [-0.15, -0.1) is 10.2 Å². The summed E-state index contributed by atoms with van der Waals surface area (Å²) in [7, 11) is 0. The van der Waals surface area contributed by atoms with Crippen LogP contribution >= 0.6 is 0 Å². The zero-order valence-electron chi connectivity index (χ0n) is 9.66. The van der Waals surface area contributed by atoms with Gasteiger partial charge >= 0.3 is 0 Å². The van der Waals surface area contributed by atoms with Crippen LogP contribution in [0.2, 0.25) is 0 Å². The van der Waals surface area contributed by atoms with Crippen LogP contribution in [0.15, 0.2) is 0 Å². The Balaban J connectivity index is 2.01. The maximum Gasteiger partial charge on any atom is 0.188 e. The van der Waals surface area contributed by atoms with E-state index in [2.05, 4.69) is 39.8 Å². The fraction of sp³-hybridized carbons (Fsp3) is 0.900. The Morgan fingerprint density at radius 1 is 1.33 bits per heavy atom. The van der Waals surface area contributed by atoms with Gasteiger partial charge in [-0.1, -0.05) is 37.8 Å². The zero-order chi connectivity index (χ0) is 10.9. The Bertz CT molecular complexity index is 234. The highest BCUT2D eigenvalue weighted by molar-refractivity contribution is 4.75. The van der Waals surface area contributed by atoms with Crippen LogP contribution in [-0.4, -0.2) is 26.7 Å². The van der Waals surface area contributed by atoms with E-state index < -0.39 is 0 Å². The van der Waals surface area contributed by atoms with E-state index in [-0.39, 0.29) is 0 Å². The summed E-state index contributed by atoms with van der Waals surface area (Å²) < 4.78 is 0. The third-order valence-corrected chi connectivity index (χ3v) is 2.49. The van der Waals surface area contributed by atoms with Crippen LogP contribution in [0.1, 0.15) is 51.8 Å². The number of tetrazole rings is 1. The maximum absolute atomic E-state index is 3.89. The SMILES string of the molecule is CCCCCCC(C)NCc1nn[nH]n1. The molecule has 5 heteroatoms. The quantitative estimate of drug-likeness (QED) is 0.642. The largest absolute Gasteiger partial charge is 0.307 e. The summed E-state index contributed by atoms with van der Waals surface area (Å²) in [5.41, 5.74) is 0. The molecule has 2 N–H and O–H groups in total. The number of aromatic amines is 1. The molecule has 0 radical (unpaired) electrons. The normalized spacial score (nSPS) is 12.9. The van der Waals surface area contributed by atoms with Crippen LogP contribution in [0.5, 0.6) is 0 Å². The molecule has 0 aliphatic heterocycles. The second-order valence-electron chi connectivity index (χ2n) is 3.96. The molecule has 1 aromatic heterocycles. The summed E-state index contributed by atoms with van der Waals surface area (Å²) in [6.45, 7) is 5.13. The van der Waals surface area contributed by atoms with Crippen molar-refractivity contribution < 1.29 is 0 Å². The van der Waals surface area contributed by atoms with Crippen molar-refractivity contribution in [1.29, 1.82) is 0 Å². The second-order valence-corrected chi connectivity index (χ2v) is 3.96. The van der Waals surface area contributed by atoms with Gasteiger partial charge in [0.1, 0.15) is 0 Å². The standard InChI is InChI=1S/C10H21N5/c1-3-4-5-6-7-9(2)11-8-10-12-14-15-13-10/h9,11H,3-8H2,1-2H3,(H,12,13,14,15). The van der Waals surface area contributed by atoms with E-state index in [4.69, 9.17) is 0 Å². The molecule has 0 fully saturated rings. The van der Waals surface area contributed by atoms with Gasteiger partial charge in [-0.3, -0.25) is 0 Å². The maximum atomic E-state index is 3.89. The lowest BCUT2D eigenvalue weighted by Crippen LogP contribution is -2.25. The van der Waals surface area contributed by atoms with Crippen molar-refractivity contribution in [3.63, 3.8) is 0 Å². The Labute approximate surface area is 91.0 Å². The Morgan fingerprint density at radius 3 is 2.87 bits per heavy atom. The summed E-state index contributed by atoms with van der Waals surface area (Å²) in [4.78, 5) is 0. The van der Waals surface area contributed by atoms with E-state index in [0.29, 0.717) is 12.6 Å². The molecule has 0 spiro atoms. The van der Waals surface area contributed by atoms with Crippen LogP contribution in [0.3, 0.4) is 0 Å². The van der Waals surface area contributed by atoms with Crippen LogP contribution in [0.4, 0.5) is 0 Å². The van der Waals surface area contributed by atoms with Gasteiger partial charge in [0.25, 0.3) is 0 Å². The first-order valence-corrected chi connectivity index (χ1v) is 5.78. The summed E-state index contributed by atoms with van der Waals surface area (Å²) in [6.07, 6.45) is 6.50. The minimum Gasteiger partial charge on any atom is -0.307 e. The molecule has 0 saturated carbocycles. The van der Waals surface area contributed by atoms with Crippen molar-refractivity contribution in [2.24, 2.45) is 0 Å². The van der Waals surface area contributed by atoms with Gasteiger partial charge in [0, 0.05) is 6.04 Å².